The number of anilines is 3. The SMILES string of the molecule is CN(OCN)c1nc(N)nc(N)n1. The maximum Gasteiger partial charge on any atom is 0.256 e. The van der Waals surface area contributed by atoms with Gasteiger partial charge in [-0.2, -0.15) is 15.0 Å². The van der Waals surface area contributed by atoms with Crippen LogP contribution in [0.4, 0.5) is 17.8 Å². The minimum atomic E-state index is 0.0159. The summed E-state index contributed by atoms with van der Waals surface area (Å²) in [5.74, 6) is 0.292. The fourth-order valence-electron chi connectivity index (χ4n) is 0.708. The van der Waals surface area contributed by atoms with Crippen LogP contribution in [0.1, 0.15) is 0 Å². The highest BCUT2D eigenvalue weighted by Crippen LogP contribution is 2.07. The molecule has 0 aliphatic carbocycles. The minimum absolute atomic E-state index is 0.0159. The highest BCUT2D eigenvalue weighted by Gasteiger charge is 2.06. The molecule has 0 unspecified atom stereocenters. The van der Waals surface area contributed by atoms with E-state index in [1.165, 1.54) is 5.06 Å². The average molecular weight is 185 g/mol. The molecule has 0 atom stereocenters. The number of nitrogens with zero attached hydrogens (tertiary/aromatic N) is 4. The largest absolute Gasteiger partial charge is 0.368 e. The monoisotopic (exact) mass is 185 g/mol. The van der Waals surface area contributed by atoms with Crippen LogP contribution in [0.15, 0.2) is 0 Å². The van der Waals surface area contributed by atoms with Gasteiger partial charge in [0.2, 0.25) is 11.9 Å². The molecule has 8 nitrogen and oxygen atoms in total. The number of hydroxylamine groups is 1. The van der Waals surface area contributed by atoms with E-state index in [1.54, 1.807) is 7.05 Å². The summed E-state index contributed by atoms with van der Waals surface area (Å²) >= 11 is 0. The van der Waals surface area contributed by atoms with Crippen molar-refractivity contribution < 1.29 is 4.84 Å². The lowest BCUT2D eigenvalue weighted by Crippen LogP contribution is -2.25. The fraction of sp³-hybridized carbons (Fsp3) is 0.400. The van der Waals surface area contributed by atoms with E-state index in [2.05, 4.69) is 15.0 Å². The van der Waals surface area contributed by atoms with Gasteiger partial charge in [0.1, 0.15) is 6.73 Å². The number of nitrogens with two attached hydrogens (primary N) is 3. The van der Waals surface area contributed by atoms with Crippen LogP contribution >= 0.6 is 0 Å². The van der Waals surface area contributed by atoms with Crippen LogP contribution in [0.25, 0.3) is 0 Å². The first-order valence-corrected chi connectivity index (χ1v) is 3.47. The molecule has 0 saturated carbocycles. The molecule has 1 rings (SSSR count). The van der Waals surface area contributed by atoms with Crippen molar-refractivity contribution in [3.63, 3.8) is 0 Å². The van der Waals surface area contributed by atoms with Crippen LogP contribution in [-0.2, 0) is 4.84 Å². The zero-order chi connectivity index (χ0) is 9.84. The highest BCUT2D eigenvalue weighted by atomic mass is 16.7. The van der Waals surface area contributed by atoms with E-state index >= 15 is 0 Å². The van der Waals surface area contributed by atoms with Crippen LogP contribution in [-0.4, -0.2) is 28.7 Å². The second-order valence-electron chi connectivity index (χ2n) is 2.15. The summed E-state index contributed by atoms with van der Waals surface area (Å²) in [4.78, 5) is 16.0. The Labute approximate surface area is 74.7 Å². The first kappa shape index (κ1) is 9.42. The van der Waals surface area contributed by atoms with Crippen molar-refractivity contribution in [2.45, 2.75) is 0 Å². The zero-order valence-electron chi connectivity index (χ0n) is 7.14. The smallest absolute Gasteiger partial charge is 0.256 e. The molecule has 0 amide bonds. The molecule has 1 aromatic heterocycles. The van der Waals surface area contributed by atoms with Gasteiger partial charge in [-0.15, -0.1) is 0 Å². The highest BCUT2D eigenvalue weighted by molar-refractivity contribution is 5.36. The van der Waals surface area contributed by atoms with Crippen LogP contribution in [0.5, 0.6) is 0 Å². The van der Waals surface area contributed by atoms with Gasteiger partial charge >= 0.3 is 0 Å². The molecule has 0 spiro atoms. The molecule has 72 valence electrons. The molecular formula is C5H11N7O. The van der Waals surface area contributed by atoms with Gasteiger partial charge in [0, 0.05) is 7.05 Å². The fourth-order valence-corrected chi connectivity index (χ4v) is 0.708. The molecule has 8 heteroatoms. The molecule has 0 aromatic carbocycles. The normalized spacial score (nSPS) is 10.0. The first-order valence-electron chi connectivity index (χ1n) is 3.47. The van der Waals surface area contributed by atoms with Gasteiger partial charge in [0.05, 0.1) is 0 Å². The summed E-state index contributed by atoms with van der Waals surface area (Å²) in [7, 11) is 1.58. The Bertz CT molecular complexity index is 270. The van der Waals surface area contributed by atoms with Crippen LogP contribution in [0.3, 0.4) is 0 Å². The van der Waals surface area contributed by atoms with Crippen molar-refractivity contribution in [2.75, 3.05) is 30.3 Å². The second-order valence-corrected chi connectivity index (χ2v) is 2.15. The molecule has 0 radical (unpaired) electrons. The van der Waals surface area contributed by atoms with Gasteiger partial charge in [-0.05, 0) is 0 Å². The Morgan fingerprint density at radius 3 is 2.23 bits per heavy atom. The molecule has 0 aliphatic heterocycles. The third-order valence-electron chi connectivity index (χ3n) is 1.21. The summed E-state index contributed by atoms with van der Waals surface area (Å²) < 4.78 is 0. The number of hydrogen-bond acceptors (Lipinski definition) is 8. The summed E-state index contributed by atoms with van der Waals surface area (Å²) in [6.07, 6.45) is 0. The summed E-state index contributed by atoms with van der Waals surface area (Å²) in [6.45, 7) is 0.0159. The molecule has 0 saturated heterocycles. The second kappa shape index (κ2) is 3.83. The van der Waals surface area contributed by atoms with Crippen molar-refractivity contribution >= 4 is 17.8 Å². The Morgan fingerprint density at radius 2 is 1.77 bits per heavy atom. The van der Waals surface area contributed by atoms with Gasteiger partial charge in [-0.3, -0.25) is 4.84 Å². The van der Waals surface area contributed by atoms with Crippen LogP contribution in [0, 0.1) is 0 Å². The Kier molecular flexibility index (Phi) is 2.77. The topological polar surface area (TPSA) is 129 Å². The van der Waals surface area contributed by atoms with E-state index in [0.29, 0.717) is 0 Å². The molecule has 0 aliphatic rings. The first-order chi connectivity index (χ1) is 6.13. The van der Waals surface area contributed by atoms with Crippen molar-refractivity contribution in [3.8, 4) is 0 Å². The Balaban J connectivity index is 2.87. The molecule has 1 heterocycles. The van der Waals surface area contributed by atoms with Gasteiger partial charge < -0.3 is 17.2 Å². The van der Waals surface area contributed by atoms with Crippen molar-refractivity contribution in [2.24, 2.45) is 5.73 Å². The molecule has 6 N–H and O–H groups in total. The van der Waals surface area contributed by atoms with Crippen molar-refractivity contribution in [1.82, 2.24) is 15.0 Å². The molecule has 0 fully saturated rings. The van der Waals surface area contributed by atoms with E-state index in [0.717, 1.165) is 0 Å². The van der Waals surface area contributed by atoms with E-state index in [-0.39, 0.29) is 24.6 Å². The van der Waals surface area contributed by atoms with Gasteiger partial charge in [0.25, 0.3) is 5.95 Å². The van der Waals surface area contributed by atoms with Gasteiger partial charge in [0.15, 0.2) is 0 Å². The zero-order valence-corrected chi connectivity index (χ0v) is 7.14. The van der Waals surface area contributed by atoms with E-state index in [4.69, 9.17) is 22.0 Å². The standard InChI is InChI=1S/C5H11N7O/c1-12(13-2-6)5-10-3(7)9-4(8)11-5/h2,6H2,1H3,(H4,7,8,9,10,11). The third kappa shape index (κ3) is 2.39. The quantitative estimate of drug-likeness (QED) is 0.376. The maximum atomic E-state index is 5.34. The van der Waals surface area contributed by atoms with Gasteiger partial charge in [-0.25, -0.2) is 5.06 Å². The maximum absolute atomic E-state index is 5.34. The average Bonchev–Trinajstić information content (AvgIpc) is 2.03. The van der Waals surface area contributed by atoms with Gasteiger partial charge in [-0.1, -0.05) is 0 Å². The summed E-state index contributed by atoms with van der Waals surface area (Å²) in [5, 5.41) is 1.26. The molecule has 13 heavy (non-hydrogen) atoms. The lowest BCUT2D eigenvalue weighted by atomic mass is 10.8. The van der Waals surface area contributed by atoms with E-state index in [1.807, 2.05) is 0 Å². The molecule has 1 aromatic rings. The third-order valence-corrected chi connectivity index (χ3v) is 1.21. The van der Waals surface area contributed by atoms with Crippen LogP contribution < -0.4 is 22.3 Å². The van der Waals surface area contributed by atoms with Crippen LogP contribution in [0.2, 0.25) is 0 Å². The Morgan fingerprint density at radius 1 is 1.23 bits per heavy atom. The number of aromatic nitrogens is 3. The van der Waals surface area contributed by atoms with E-state index < -0.39 is 0 Å². The summed E-state index contributed by atoms with van der Waals surface area (Å²) in [5.41, 5.74) is 15.8. The number of hydrogen-bond donors (Lipinski definition) is 3. The number of nitrogen functional groups attached to an aromatic ring is 2. The summed E-state index contributed by atoms with van der Waals surface area (Å²) in [6, 6.07) is 0. The predicted molar refractivity (Wildman–Crippen MR) is 47.2 cm³/mol. The van der Waals surface area contributed by atoms with E-state index in [9.17, 15) is 0 Å². The molecule has 0 bridgehead atoms. The predicted octanol–water partition coefficient (Wildman–Crippen LogP) is -1.68. The minimum Gasteiger partial charge on any atom is -0.368 e. The van der Waals surface area contributed by atoms with Crippen molar-refractivity contribution in [3.05, 3.63) is 0 Å². The number of rotatable bonds is 3. The Hall–Kier alpha value is -1.67. The van der Waals surface area contributed by atoms with Crippen molar-refractivity contribution in [1.29, 1.82) is 0 Å². The lowest BCUT2D eigenvalue weighted by molar-refractivity contribution is 0.124. The lowest BCUT2D eigenvalue weighted by Gasteiger charge is -2.14. The molecular weight excluding hydrogens is 174 g/mol.